The fraction of sp³-hybridized carbons (Fsp3) is 1.00. The van der Waals surface area contributed by atoms with Gasteiger partial charge in [-0.3, -0.25) is 0 Å². The molecule has 1 heterocycles. The van der Waals surface area contributed by atoms with E-state index in [0.717, 1.165) is 6.42 Å². The molecule has 1 N–H and O–H groups in total. The van der Waals surface area contributed by atoms with Crippen LogP contribution in [-0.2, 0) is 14.4 Å². The van der Waals surface area contributed by atoms with Crippen molar-refractivity contribution in [1.82, 2.24) is 0 Å². The largest absolute Gasteiger partial charge is 0.323 e. The van der Waals surface area contributed by atoms with E-state index in [1.54, 1.807) is 0 Å². The summed E-state index contributed by atoms with van der Waals surface area (Å²) in [7, 11) is 0. The second kappa shape index (κ2) is 3.30. The summed E-state index contributed by atoms with van der Waals surface area (Å²) in [6.45, 7) is 2.94. The molecule has 10 heavy (non-hydrogen) atoms. The first-order valence-corrected chi connectivity index (χ1v) is 3.43. The SMILES string of the molecule is CCCC1(OO)OCCO1. The van der Waals surface area contributed by atoms with Crippen LogP contribution in [0.2, 0.25) is 0 Å². The summed E-state index contributed by atoms with van der Waals surface area (Å²) in [5.74, 6) is -1.16. The smallest absolute Gasteiger partial charge is 0.311 e. The lowest BCUT2D eigenvalue weighted by Crippen LogP contribution is -2.32. The number of hydrogen-bond acceptors (Lipinski definition) is 4. The molecule has 0 radical (unpaired) electrons. The normalized spacial score (nSPS) is 23.4. The van der Waals surface area contributed by atoms with Crippen LogP contribution in [0, 0.1) is 0 Å². The fourth-order valence-electron chi connectivity index (χ4n) is 0.985. The molecular formula is C6H12O4. The summed E-state index contributed by atoms with van der Waals surface area (Å²) >= 11 is 0. The van der Waals surface area contributed by atoms with Gasteiger partial charge in [-0.2, -0.15) is 4.89 Å². The van der Waals surface area contributed by atoms with Gasteiger partial charge in [-0.25, -0.2) is 5.26 Å². The first kappa shape index (κ1) is 7.94. The topological polar surface area (TPSA) is 47.9 Å². The predicted octanol–water partition coefficient (Wildman–Crippen LogP) is 0.977. The molecule has 1 aliphatic rings. The average Bonchev–Trinajstić information content (AvgIpc) is 2.39. The molecule has 0 amide bonds. The first-order valence-electron chi connectivity index (χ1n) is 3.43. The second-order valence-electron chi connectivity index (χ2n) is 2.22. The van der Waals surface area contributed by atoms with Crippen molar-refractivity contribution in [1.29, 1.82) is 0 Å². The van der Waals surface area contributed by atoms with E-state index in [2.05, 4.69) is 4.89 Å². The Morgan fingerprint density at radius 3 is 2.50 bits per heavy atom. The van der Waals surface area contributed by atoms with Gasteiger partial charge in [0.05, 0.1) is 13.2 Å². The Labute approximate surface area is 59.6 Å². The quantitative estimate of drug-likeness (QED) is 0.478. The maximum atomic E-state index is 8.40. The van der Waals surface area contributed by atoms with Crippen LogP contribution in [0.1, 0.15) is 19.8 Å². The number of rotatable bonds is 3. The van der Waals surface area contributed by atoms with Gasteiger partial charge in [0, 0.05) is 6.42 Å². The van der Waals surface area contributed by atoms with E-state index in [-0.39, 0.29) is 0 Å². The Bertz CT molecular complexity index is 97.9. The maximum Gasteiger partial charge on any atom is 0.311 e. The molecule has 4 heteroatoms. The van der Waals surface area contributed by atoms with Crippen molar-refractivity contribution in [3.05, 3.63) is 0 Å². The Kier molecular flexibility index (Phi) is 2.62. The Morgan fingerprint density at radius 1 is 1.50 bits per heavy atom. The zero-order valence-electron chi connectivity index (χ0n) is 6.00. The minimum Gasteiger partial charge on any atom is -0.323 e. The van der Waals surface area contributed by atoms with Gasteiger partial charge in [-0.05, 0) is 6.42 Å². The van der Waals surface area contributed by atoms with Gasteiger partial charge in [0.1, 0.15) is 0 Å². The molecule has 0 aromatic carbocycles. The molecule has 0 atom stereocenters. The summed E-state index contributed by atoms with van der Waals surface area (Å²) in [4.78, 5) is 4.09. The number of ether oxygens (including phenoxy) is 2. The van der Waals surface area contributed by atoms with Crippen LogP contribution in [-0.4, -0.2) is 24.4 Å². The molecule has 0 saturated carbocycles. The van der Waals surface area contributed by atoms with Crippen molar-refractivity contribution in [3.63, 3.8) is 0 Å². The van der Waals surface area contributed by atoms with Gasteiger partial charge in [0.25, 0.3) is 0 Å². The van der Waals surface area contributed by atoms with Crippen LogP contribution < -0.4 is 0 Å². The molecule has 0 bridgehead atoms. The summed E-state index contributed by atoms with van der Waals surface area (Å²) in [5.41, 5.74) is 0. The van der Waals surface area contributed by atoms with Crippen LogP contribution in [0.5, 0.6) is 0 Å². The Hall–Kier alpha value is -0.160. The Balaban J connectivity index is 2.41. The minimum absolute atomic E-state index is 0.487. The van der Waals surface area contributed by atoms with Gasteiger partial charge >= 0.3 is 5.97 Å². The highest BCUT2D eigenvalue weighted by Gasteiger charge is 2.37. The maximum absolute atomic E-state index is 8.40. The molecule has 0 aromatic rings. The molecule has 1 saturated heterocycles. The van der Waals surface area contributed by atoms with Crippen molar-refractivity contribution in [2.75, 3.05) is 13.2 Å². The number of hydrogen-bond donors (Lipinski definition) is 1. The van der Waals surface area contributed by atoms with Crippen molar-refractivity contribution in [2.24, 2.45) is 0 Å². The lowest BCUT2D eigenvalue weighted by Gasteiger charge is -2.21. The van der Waals surface area contributed by atoms with Crippen molar-refractivity contribution in [2.45, 2.75) is 25.7 Å². The van der Waals surface area contributed by atoms with Crippen molar-refractivity contribution in [3.8, 4) is 0 Å². The summed E-state index contributed by atoms with van der Waals surface area (Å²) in [6, 6.07) is 0. The third-order valence-electron chi connectivity index (χ3n) is 1.42. The van der Waals surface area contributed by atoms with E-state index >= 15 is 0 Å². The van der Waals surface area contributed by atoms with E-state index in [9.17, 15) is 0 Å². The van der Waals surface area contributed by atoms with Crippen LogP contribution in [0.4, 0.5) is 0 Å². The van der Waals surface area contributed by atoms with Crippen molar-refractivity contribution < 1.29 is 19.6 Å². The molecule has 1 fully saturated rings. The second-order valence-corrected chi connectivity index (χ2v) is 2.22. The molecule has 4 nitrogen and oxygen atoms in total. The summed E-state index contributed by atoms with van der Waals surface area (Å²) in [5, 5.41) is 8.40. The zero-order chi connectivity index (χ0) is 7.45. The monoisotopic (exact) mass is 148 g/mol. The predicted molar refractivity (Wildman–Crippen MR) is 33.3 cm³/mol. The lowest BCUT2D eigenvalue weighted by atomic mass is 10.3. The molecule has 0 aromatic heterocycles. The molecule has 0 aliphatic carbocycles. The van der Waals surface area contributed by atoms with Gasteiger partial charge in [-0.15, -0.1) is 0 Å². The lowest BCUT2D eigenvalue weighted by molar-refractivity contribution is -0.465. The first-order chi connectivity index (χ1) is 4.83. The minimum atomic E-state index is -1.16. The molecule has 1 rings (SSSR count). The van der Waals surface area contributed by atoms with Crippen molar-refractivity contribution >= 4 is 0 Å². The molecule has 0 spiro atoms. The molecule has 60 valence electrons. The van der Waals surface area contributed by atoms with E-state index in [1.165, 1.54) is 0 Å². The van der Waals surface area contributed by atoms with E-state index in [4.69, 9.17) is 14.7 Å². The fourth-order valence-corrected chi connectivity index (χ4v) is 0.985. The van der Waals surface area contributed by atoms with E-state index in [0.29, 0.717) is 19.6 Å². The highest BCUT2D eigenvalue weighted by atomic mass is 17.2. The van der Waals surface area contributed by atoms with Crippen LogP contribution in [0.25, 0.3) is 0 Å². The van der Waals surface area contributed by atoms with Crippen LogP contribution in [0.15, 0.2) is 0 Å². The van der Waals surface area contributed by atoms with Crippen LogP contribution in [0.3, 0.4) is 0 Å². The molecular weight excluding hydrogens is 136 g/mol. The van der Waals surface area contributed by atoms with Gasteiger partial charge in [-0.1, -0.05) is 6.92 Å². The van der Waals surface area contributed by atoms with Gasteiger partial charge in [0.15, 0.2) is 0 Å². The third kappa shape index (κ3) is 1.46. The highest BCUT2D eigenvalue weighted by molar-refractivity contribution is 4.59. The molecule has 1 aliphatic heterocycles. The standard InChI is InChI=1S/C6H12O4/c1-2-3-6(10-7)8-4-5-9-6/h7H,2-5H2,1H3. The summed E-state index contributed by atoms with van der Waals surface area (Å²) in [6.07, 6.45) is 1.41. The zero-order valence-corrected chi connectivity index (χ0v) is 6.00. The average molecular weight is 148 g/mol. The van der Waals surface area contributed by atoms with Crippen LogP contribution >= 0.6 is 0 Å². The van der Waals surface area contributed by atoms with E-state index < -0.39 is 5.97 Å². The third-order valence-corrected chi connectivity index (χ3v) is 1.42. The highest BCUT2D eigenvalue weighted by Crippen LogP contribution is 2.24. The van der Waals surface area contributed by atoms with Gasteiger partial charge in [0.2, 0.25) is 0 Å². The summed E-state index contributed by atoms with van der Waals surface area (Å²) < 4.78 is 10.1. The molecule has 0 unspecified atom stereocenters. The van der Waals surface area contributed by atoms with E-state index in [1.807, 2.05) is 6.92 Å². The Morgan fingerprint density at radius 2 is 2.10 bits per heavy atom. The van der Waals surface area contributed by atoms with Gasteiger partial charge < -0.3 is 9.47 Å².